The number of amides is 1. The van der Waals surface area contributed by atoms with Crippen LogP contribution < -0.4 is 11.5 Å². The fraction of sp³-hybridized carbons (Fsp3) is 0.562. The smallest absolute Gasteiger partial charge is 0.254 e. The van der Waals surface area contributed by atoms with Crippen LogP contribution in [0.1, 0.15) is 49.4 Å². The Labute approximate surface area is 121 Å². The van der Waals surface area contributed by atoms with Crippen molar-refractivity contribution in [2.24, 2.45) is 5.92 Å². The van der Waals surface area contributed by atoms with E-state index in [4.69, 9.17) is 11.5 Å². The first-order chi connectivity index (χ1) is 9.60. The largest absolute Gasteiger partial charge is 0.399 e. The van der Waals surface area contributed by atoms with E-state index >= 15 is 0 Å². The summed E-state index contributed by atoms with van der Waals surface area (Å²) in [7, 11) is 0. The van der Waals surface area contributed by atoms with Crippen LogP contribution in [0.2, 0.25) is 0 Å². The summed E-state index contributed by atoms with van der Waals surface area (Å²) in [5.41, 5.74) is 13.2. The number of likely N-dealkylation sites (tertiary alicyclic amines) is 1. The van der Waals surface area contributed by atoms with Crippen molar-refractivity contribution >= 4 is 17.3 Å². The third kappa shape index (κ3) is 3.65. The third-order valence-corrected chi connectivity index (χ3v) is 4.06. The van der Waals surface area contributed by atoms with Gasteiger partial charge in [-0.05, 0) is 43.4 Å². The highest BCUT2D eigenvalue weighted by atomic mass is 16.2. The molecule has 1 saturated heterocycles. The fourth-order valence-electron chi connectivity index (χ4n) is 3.05. The maximum absolute atomic E-state index is 12.5. The average Bonchev–Trinajstić information content (AvgIpc) is 2.63. The molecular weight excluding hydrogens is 250 g/mol. The molecule has 1 aromatic rings. The summed E-state index contributed by atoms with van der Waals surface area (Å²) >= 11 is 0. The van der Waals surface area contributed by atoms with Crippen LogP contribution in [-0.4, -0.2) is 23.9 Å². The van der Waals surface area contributed by atoms with Gasteiger partial charge in [0, 0.05) is 30.0 Å². The number of benzene rings is 1. The summed E-state index contributed by atoms with van der Waals surface area (Å²) in [6.45, 7) is 3.91. The molecule has 1 aliphatic heterocycles. The van der Waals surface area contributed by atoms with Gasteiger partial charge in [0.2, 0.25) is 0 Å². The molecule has 0 bridgehead atoms. The normalized spacial score (nSPS) is 19.6. The number of hydrogen-bond acceptors (Lipinski definition) is 3. The molecule has 20 heavy (non-hydrogen) atoms. The summed E-state index contributed by atoms with van der Waals surface area (Å²) in [6, 6.07) is 5.11. The van der Waals surface area contributed by atoms with Gasteiger partial charge in [0.1, 0.15) is 0 Å². The minimum Gasteiger partial charge on any atom is -0.399 e. The van der Waals surface area contributed by atoms with E-state index in [-0.39, 0.29) is 5.91 Å². The minimum atomic E-state index is 0.0566. The molecule has 0 aromatic heterocycles. The van der Waals surface area contributed by atoms with E-state index in [1.807, 2.05) is 4.90 Å². The Bertz CT molecular complexity index is 453. The Kier molecular flexibility index (Phi) is 4.88. The van der Waals surface area contributed by atoms with Crippen molar-refractivity contribution in [3.8, 4) is 0 Å². The average molecular weight is 275 g/mol. The van der Waals surface area contributed by atoms with Crippen molar-refractivity contribution < 1.29 is 4.79 Å². The Morgan fingerprint density at radius 1 is 1.20 bits per heavy atom. The van der Waals surface area contributed by atoms with Crippen LogP contribution >= 0.6 is 0 Å². The second-order valence-electron chi connectivity index (χ2n) is 5.77. The summed E-state index contributed by atoms with van der Waals surface area (Å²) in [4.78, 5) is 14.5. The molecule has 1 fully saturated rings. The van der Waals surface area contributed by atoms with Gasteiger partial charge in [-0.15, -0.1) is 0 Å². The number of hydrogen-bond donors (Lipinski definition) is 2. The van der Waals surface area contributed by atoms with Crippen molar-refractivity contribution in [1.29, 1.82) is 0 Å². The lowest BCUT2D eigenvalue weighted by atomic mass is 9.96. The van der Waals surface area contributed by atoms with Gasteiger partial charge in [0.25, 0.3) is 5.91 Å². The molecule has 1 atom stereocenters. The number of nitrogens with zero attached hydrogens (tertiary/aromatic N) is 1. The highest BCUT2D eigenvalue weighted by Crippen LogP contribution is 2.23. The van der Waals surface area contributed by atoms with Crippen molar-refractivity contribution in [1.82, 2.24) is 4.90 Å². The molecule has 1 unspecified atom stereocenters. The minimum absolute atomic E-state index is 0.0566. The van der Waals surface area contributed by atoms with Gasteiger partial charge >= 0.3 is 0 Å². The first kappa shape index (κ1) is 14.7. The predicted octanol–water partition coefficient (Wildman–Crippen LogP) is 2.89. The zero-order valence-electron chi connectivity index (χ0n) is 12.3. The zero-order valence-corrected chi connectivity index (χ0v) is 12.3. The van der Waals surface area contributed by atoms with E-state index in [0.717, 1.165) is 31.8 Å². The Morgan fingerprint density at radius 2 is 1.90 bits per heavy atom. The first-order valence-corrected chi connectivity index (χ1v) is 7.55. The van der Waals surface area contributed by atoms with Crippen LogP contribution in [0, 0.1) is 5.92 Å². The number of rotatable bonds is 3. The number of carbonyl (C=O) groups excluding carboxylic acids is 1. The Hall–Kier alpha value is -1.71. The van der Waals surface area contributed by atoms with Gasteiger partial charge in [-0.2, -0.15) is 0 Å². The maximum atomic E-state index is 12.5. The maximum Gasteiger partial charge on any atom is 0.254 e. The van der Waals surface area contributed by atoms with Crippen LogP contribution in [0.15, 0.2) is 18.2 Å². The molecule has 1 aromatic carbocycles. The third-order valence-electron chi connectivity index (χ3n) is 4.06. The monoisotopic (exact) mass is 275 g/mol. The molecule has 0 aliphatic carbocycles. The van der Waals surface area contributed by atoms with E-state index in [1.165, 1.54) is 19.3 Å². The van der Waals surface area contributed by atoms with Gasteiger partial charge in [-0.3, -0.25) is 4.79 Å². The van der Waals surface area contributed by atoms with E-state index in [1.54, 1.807) is 18.2 Å². The molecule has 0 radical (unpaired) electrons. The summed E-state index contributed by atoms with van der Waals surface area (Å²) < 4.78 is 0. The van der Waals surface area contributed by atoms with Crippen molar-refractivity contribution in [3.05, 3.63) is 23.8 Å². The van der Waals surface area contributed by atoms with Crippen LogP contribution in [0.3, 0.4) is 0 Å². The first-order valence-electron chi connectivity index (χ1n) is 7.55. The van der Waals surface area contributed by atoms with E-state index in [0.29, 0.717) is 16.9 Å². The van der Waals surface area contributed by atoms with Crippen LogP contribution in [0.4, 0.5) is 11.4 Å². The lowest BCUT2D eigenvalue weighted by Gasteiger charge is -2.21. The predicted molar refractivity (Wildman–Crippen MR) is 83.4 cm³/mol. The van der Waals surface area contributed by atoms with Crippen molar-refractivity contribution in [3.63, 3.8) is 0 Å². The molecule has 4 N–H and O–H groups in total. The van der Waals surface area contributed by atoms with Crippen LogP contribution in [0.25, 0.3) is 0 Å². The van der Waals surface area contributed by atoms with Gasteiger partial charge in [-0.1, -0.05) is 19.8 Å². The van der Waals surface area contributed by atoms with Crippen LogP contribution in [-0.2, 0) is 0 Å². The highest BCUT2D eigenvalue weighted by molar-refractivity contribution is 5.96. The highest BCUT2D eigenvalue weighted by Gasteiger charge is 2.21. The van der Waals surface area contributed by atoms with Crippen LogP contribution in [0.5, 0.6) is 0 Å². The van der Waals surface area contributed by atoms with E-state index in [2.05, 4.69) is 6.92 Å². The second-order valence-corrected chi connectivity index (χ2v) is 5.77. The van der Waals surface area contributed by atoms with Crippen molar-refractivity contribution in [2.75, 3.05) is 24.6 Å². The Balaban J connectivity index is 2.05. The Morgan fingerprint density at radius 3 is 2.55 bits per heavy atom. The van der Waals surface area contributed by atoms with Gasteiger partial charge in [0.15, 0.2) is 0 Å². The topological polar surface area (TPSA) is 72.3 Å². The quantitative estimate of drug-likeness (QED) is 0.833. The summed E-state index contributed by atoms with van der Waals surface area (Å²) in [5.74, 6) is 0.824. The molecule has 4 heteroatoms. The molecule has 110 valence electrons. The molecular formula is C16H25N3O. The number of nitrogen functional groups attached to an aromatic ring is 2. The van der Waals surface area contributed by atoms with Gasteiger partial charge in [-0.25, -0.2) is 0 Å². The molecule has 1 heterocycles. The van der Waals surface area contributed by atoms with E-state index < -0.39 is 0 Å². The standard InChI is InChI=1S/C16H25N3O/c1-2-4-12-5-3-7-19(8-6-12)16(20)13-9-14(17)11-15(18)10-13/h9-12H,2-8,17-18H2,1H3. The van der Waals surface area contributed by atoms with Gasteiger partial charge in [0.05, 0.1) is 0 Å². The lowest BCUT2D eigenvalue weighted by molar-refractivity contribution is 0.0760. The molecule has 2 rings (SSSR count). The number of anilines is 2. The molecule has 1 aliphatic rings. The van der Waals surface area contributed by atoms with Gasteiger partial charge < -0.3 is 16.4 Å². The van der Waals surface area contributed by atoms with E-state index in [9.17, 15) is 4.79 Å². The second kappa shape index (κ2) is 6.64. The summed E-state index contributed by atoms with van der Waals surface area (Å²) in [6.07, 6.45) is 5.93. The number of carbonyl (C=O) groups is 1. The SMILES string of the molecule is CCCC1CCCN(C(=O)c2cc(N)cc(N)c2)CC1. The molecule has 0 spiro atoms. The molecule has 0 saturated carbocycles. The molecule has 1 amide bonds. The summed E-state index contributed by atoms with van der Waals surface area (Å²) in [5, 5.41) is 0. The fourth-order valence-corrected chi connectivity index (χ4v) is 3.05. The van der Waals surface area contributed by atoms with Crippen molar-refractivity contribution in [2.45, 2.75) is 39.0 Å². The zero-order chi connectivity index (χ0) is 14.5. The lowest BCUT2D eigenvalue weighted by Crippen LogP contribution is -2.32. The molecule has 4 nitrogen and oxygen atoms in total. The number of nitrogens with two attached hydrogens (primary N) is 2.